The first kappa shape index (κ1) is 21.7. The molecule has 2 heterocycles. The van der Waals surface area contributed by atoms with Crippen LogP contribution in [0.1, 0.15) is 73.2 Å². The third kappa shape index (κ3) is 4.01. The Bertz CT molecular complexity index is 1190. The molecule has 0 radical (unpaired) electrons. The quantitative estimate of drug-likeness (QED) is 0.388. The lowest BCUT2D eigenvalue weighted by Crippen LogP contribution is -2.34. The predicted octanol–water partition coefficient (Wildman–Crippen LogP) is 5.42. The number of benzene rings is 1. The van der Waals surface area contributed by atoms with E-state index < -0.39 is 5.25 Å². The van der Waals surface area contributed by atoms with Crippen LogP contribution in [0.5, 0.6) is 0 Å². The van der Waals surface area contributed by atoms with E-state index in [1.165, 1.54) is 22.2 Å². The zero-order valence-electron chi connectivity index (χ0n) is 18.6. The van der Waals surface area contributed by atoms with Crippen LogP contribution in [-0.4, -0.2) is 21.5 Å². The summed E-state index contributed by atoms with van der Waals surface area (Å²) >= 11 is 3.09. The number of hydrogen-bond acceptors (Lipinski definition) is 5. The van der Waals surface area contributed by atoms with Gasteiger partial charge in [0.2, 0.25) is 5.91 Å². The zero-order valence-corrected chi connectivity index (χ0v) is 20.2. The lowest BCUT2D eigenvalue weighted by molar-refractivity contribution is -0.121. The van der Waals surface area contributed by atoms with Crippen LogP contribution in [0.2, 0.25) is 0 Å². The number of aryl methyl sites for hydroxylation is 2. The van der Waals surface area contributed by atoms with E-state index in [4.69, 9.17) is 4.98 Å². The predicted molar refractivity (Wildman–Crippen MR) is 132 cm³/mol. The molecule has 0 aliphatic heterocycles. The van der Waals surface area contributed by atoms with Gasteiger partial charge in [0, 0.05) is 17.0 Å². The molecule has 2 aromatic heterocycles. The summed E-state index contributed by atoms with van der Waals surface area (Å²) in [5.74, 6) is -0.0443. The van der Waals surface area contributed by atoms with Crippen LogP contribution in [0.15, 0.2) is 40.3 Å². The van der Waals surface area contributed by atoms with E-state index in [1.807, 2.05) is 48.7 Å². The molecule has 0 bridgehead atoms. The van der Waals surface area contributed by atoms with Gasteiger partial charge in [0.25, 0.3) is 5.56 Å². The Kier molecular flexibility index (Phi) is 6.12. The summed E-state index contributed by atoms with van der Waals surface area (Å²) in [5.41, 5.74) is 2.25. The minimum Gasteiger partial charge on any atom is -0.353 e. The van der Waals surface area contributed by atoms with E-state index in [0.29, 0.717) is 5.16 Å². The fourth-order valence-electron chi connectivity index (χ4n) is 4.97. The van der Waals surface area contributed by atoms with Crippen molar-refractivity contribution in [3.8, 4) is 0 Å². The smallest absolute Gasteiger partial charge is 0.263 e. The summed E-state index contributed by atoms with van der Waals surface area (Å²) in [4.78, 5) is 34.2. The zero-order chi connectivity index (χ0) is 22.2. The van der Waals surface area contributed by atoms with Crippen molar-refractivity contribution >= 4 is 39.2 Å². The highest BCUT2D eigenvalue weighted by Gasteiger charge is 2.31. The number of amides is 1. The van der Waals surface area contributed by atoms with Gasteiger partial charge in [-0.15, -0.1) is 11.3 Å². The highest BCUT2D eigenvalue weighted by molar-refractivity contribution is 8.00. The summed E-state index contributed by atoms with van der Waals surface area (Å²) in [5, 5.41) is 4.12. The fourth-order valence-corrected chi connectivity index (χ4v) is 7.45. The van der Waals surface area contributed by atoms with Gasteiger partial charge >= 0.3 is 0 Å². The molecule has 1 aromatic carbocycles. The second-order valence-corrected chi connectivity index (χ2v) is 11.3. The number of aromatic nitrogens is 2. The normalized spacial score (nSPS) is 17.2. The van der Waals surface area contributed by atoms with Crippen molar-refractivity contribution in [2.75, 3.05) is 0 Å². The molecule has 5 nitrogen and oxygen atoms in total. The molecule has 2 aliphatic carbocycles. The minimum absolute atomic E-state index is 0.0436. The molecular formula is C25H29N3O2S2. The van der Waals surface area contributed by atoms with Gasteiger partial charge < -0.3 is 5.32 Å². The van der Waals surface area contributed by atoms with Crippen molar-refractivity contribution in [1.29, 1.82) is 0 Å². The third-order valence-corrected chi connectivity index (χ3v) is 8.83. The number of hydrogen-bond donors (Lipinski definition) is 1. The lowest BCUT2D eigenvalue weighted by Gasteiger charge is -2.22. The molecule has 1 fully saturated rings. The van der Waals surface area contributed by atoms with Crippen LogP contribution in [0, 0.1) is 0 Å². The molecule has 168 valence electrons. The lowest BCUT2D eigenvalue weighted by atomic mass is 10.1. The van der Waals surface area contributed by atoms with Crippen molar-refractivity contribution < 1.29 is 4.79 Å². The van der Waals surface area contributed by atoms with E-state index in [-0.39, 0.29) is 23.6 Å². The van der Waals surface area contributed by atoms with E-state index in [1.54, 1.807) is 11.3 Å². The van der Waals surface area contributed by atoms with E-state index >= 15 is 0 Å². The minimum atomic E-state index is -0.456. The van der Waals surface area contributed by atoms with Crippen LogP contribution < -0.4 is 10.9 Å². The summed E-state index contributed by atoms with van der Waals surface area (Å²) in [6.07, 6.45) is 7.43. The molecule has 5 rings (SSSR count). The molecule has 1 unspecified atom stereocenters. The van der Waals surface area contributed by atoms with Gasteiger partial charge in [0.1, 0.15) is 10.1 Å². The molecular weight excluding hydrogens is 438 g/mol. The molecule has 32 heavy (non-hydrogen) atoms. The Labute approximate surface area is 196 Å². The Hall–Kier alpha value is -2.12. The van der Waals surface area contributed by atoms with Crippen molar-refractivity contribution in [3.05, 3.63) is 56.7 Å². The number of carbonyl (C=O) groups excluding carboxylic acids is 1. The van der Waals surface area contributed by atoms with Gasteiger partial charge in [-0.25, -0.2) is 4.98 Å². The van der Waals surface area contributed by atoms with Crippen molar-refractivity contribution in [2.24, 2.45) is 0 Å². The molecule has 1 atom stereocenters. The summed E-state index contributed by atoms with van der Waals surface area (Å²) in [7, 11) is 0. The first-order valence-corrected chi connectivity index (χ1v) is 13.3. The van der Waals surface area contributed by atoms with Gasteiger partial charge in [0.05, 0.1) is 5.39 Å². The number of thiophene rings is 1. The van der Waals surface area contributed by atoms with E-state index in [9.17, 15) is 9.59 Å². The number of nitrogens with zero attached hydrogens (tertiary/aromatic N) is 2. The maximum Gasteiger partial charge on any atom is 0.263 e. The average molecular weight is 468 g/mol. The maximum atomic E-state index is 13.8. The van der Waals surface area contributed by atoms with E-state index in [0.717, 1.165) is 60.7 Å². The second-order valence-electron chi connectivity index (χ2n) is 9.12. The summed E-state index contributed by atoms with van der Waals surface area (Å²) in [6, 6.07) is 10.0. The van der Waals surface area contributed by atoms with Crippen LogP contribution in [-0.2, 0) is 17.6 Å². The standard InChI is InChI=1S/C25H29N3O2S2/c1-15(2)26-22(29)21(16-9-4-3-5-10-16)32-25-27-23-20(18-13-8-14-19(18)31-23)24(30)28(25)17-11-6-7-12-17/h3-5,9-10,15,17,21H,6-8,11-14H2,1-2H3,(H,26,29). The number of rotatable bonds is 6. The van der Waals surface area contributed by atoms with Crippen molar-refractivity contribution in [2.45, 2.75) is 81.3 Å². The number of thioether (sulfide) groups is 1. The number of nitrogens with one attached hydrogen (secondary N) is 1. The van der Waals surface area contributed by atoms with E-state index in [2.05, 4.69) is 5.32 Å². The highest BCUT2D eigenvalue weighted by Crippen LogP contribution is 2.41. The molecule has 0 saturated heterocycles. The Morgan fingerprint density at radius 2 is 1.91 bits per heavy atom. The van der Waals surface area contributed by atoms with Crippen LogP contribution in [0.3, 0.4) is 0 Å². The maximum absolute atomic E-state index is 13.8. The molecule has 0 spiro atoms. The van der Waals surface area contributed by atoms with Gasteiger partial charge in [-0.05, 0) is 57.1 Å². The first-order chi connectivity index (χ1) is 15.5. The number of fused-ring (bicyclic) bond motifs is 3. The molecule has 1 amide bonds. The molecule has 3 aromatic rings. The SMILES string of the molecule is CC(C)NC(=O)C(Sc1nc2sc3c(c2c(=O)n1C1CCCC1)CCC3)c1ccccc1. The second kappa shape index (κ2) is 9.02. The molecule has 1 N–H and O–H groups in total. The van der Waals surface area contributed by atoms with Crippen LogP contribution >= 0.6 is 23.1 Å². The van der Waals surface area contributed by atoms with Crippen molar-refractivity contribution in [3.63, 3.8) is 0 Å². The Morgan fingerprint density at radius 3 is 2.62 bits per heavy atom. The third-order valence-electron chi connectivity index (χ3n) is 6.42. The van der Waals surface area contributed by atoms with Crippen molar-refractivity contribution in [1.82, 2.24) is 14.9 Å². The van der Waals surface area contributed by atoms with Gasteiger partial charge in [-0.2, -0.15) is 0 Å². The fraction of sp³-hybridized carbons (Fsp3) is 0.480. The van der Waals surface area contributed by atoms with Crippen LogP contribution in [0.4, 0.5) is 0 Å². The van der Waals surface area contributed by atoms with Crippen LogP contribution in [0.25, 0.3) is 10.2 Å². The molecule has 1 saturated carbocycles. The average Bonchev–Trinajstić information content (AvgIpc) is 3.49. The summed E-state index contributed by atoms with van der Waals surface area (Å²) in [6.45, 7) is 3.94. The Morgan fingerprint density at radius 1 is 1.16 bits per heavy atom. The van der Waals surface area contributed by atoms with Gasteiger partial charge in [-0.1, -0.05) is 54.9 Å². The number of carbonyl (C=O) groups is 1. The molecule has 2 aliphatic rings. The monoisotopic (exact) mass is 467 g/mol. The van der Waals surface area contributed by atoms with Gasteiger partial charge in [0.15, 0.2) is 5.16 Å². The highest BCUT2D eigenvalue weighted by atomic mass is 32.2. The largest absolute Gasteiger partial charge is 0.353 e. The van der Waals surface area contributed by atoms with Gasteiger partial charge in [-0.3, -0.25) is 14.2 Å². The Balaban J connectivity index is 1.63. The first-order valence-electron chi connectivity index (χ1n) is 11.6. The summed E-state index contributed by atoms with van der Waals surface area (Å²) < 4.78 is 1.93. The topological polar surface area (TPSA) is 64.0 Å². The molecule has 7 heteroatoms.